The highest BCUT2D eigenvalue weighted by atomic mass is 16.4. The lowest BCUT2D eigenvalue weighted by molar-refractivity contribution is 0.0698. The van der Waals surface area contributed by atoms with Crippen LogP contribution in [0.15, 0.2) is 12.1 Å². The van der Waals surface area contributed by atoms with Crippen LogP contribution in [-0.4, -0.2) is 27.4 Å². The highest BCUT2D eigenvalue weighted by Gasteiger charge is 2.24. The molecule has 0 aliphatic carbocycles. The fourth-order valence-corrected chi connectivity index (χ4v) is 3.33. The summed E-state index contributed by atoms with van der Waals surface area (Å²) in [6, 6.07) is 3.94. The number of carboxylic acid groups (broad SMARTS) is 1. The Morgan fingerprint density at radius 1 is 1.25 bits per heavy atom. The Bertz CT molecular complexity index is 751. The molecule has 2 aromatic rings. The van der Waals surface area contributed by atoms with Crippen LogP contribution in [0, 0.1) is 6.92 Å². The van der Waals surface area contributed by atoms with E-state index in [4.69, 9.17) is 0 Å². The van der Waals surface area contributed by atoms with Crippen LogP contribution in [0.25, 0.3) is 10.9 Å². The van der Waals surface area contributed by atoms with E-state index in [1.807, 2.05) is 11.5 Å². The second kappa shape index (κ2) is 6.98. The molecule has 0 unspecified atom stereocenters. The number of aryl methyl sites for hydroxylation is 1. The molecule has 0 aliphatic heterocycles. The number of carbonyl (C=O) groups is 1. The third kappa shape index (κ3) is 3.34. The van der Waals surface area contributed by atoms with Gasteiger partial charge in [0.25, 0.3) is 0 Å². The summed E-state index contributed by atoms with van der Waals surface area (Å²) in [7, 11) is 0. The monoisotopic (exact) mass is 331 g/mol. The average molecular weight is 331 g/mol. The van der Waals surface area contributed by atoms with Crippen LogP contribution in [0.1, 0.15) is 67.7 Å². The summed E-state index contributed by atoms with van der Waals surface area (Å²) in [5.41, 5.74) is 4.28. The minimum atomic E-state index is -0.912. The smallest absolute Gasteiger partial charge is 0.337 e. The molecule has 4 heteroatoms. The number of aromatic carboxylic acids is 1. The van der Waals surface area contributed by atoms with Crippen molar-refractivity contribution in [1.29, 1.82) is 0 Å². The van der Waals surface area contributed by atoms with Gasteiger partial charge in [-0.2, -0.15) is 0 Å². The van der Waals surface area contributed by atoms with E-state index in [0.717, 1.165) is 41.4 Å². The maximum Gasteiger partial charge on any atom is 0.337 e. The molecule has 0 saturated carbocycles. The Hall–Kier alpha value is -1.81. The first kappa shape index (κ1) is 18.5. The number of aliphatic hydroxyl groups is 1. The van der Waals surface area contributed by atoms with Gasteiger partial charge in [-0.25, -0.2) is 4.79 Å². The largest absolute Gasteiger partial charge is 0.478 e. The van der Waals surface area contributed by atoms with Gasteiger partial charge in [0.2, 0.25) is 0 Å². The number of hydrogen-bond donors (Lipinski definition) is 2. The fourth-order valence-electron chi connectivity index (χ4n) is 3.33. The topological polar surface area (TPSA) is 62.5 Å². The third-order valence-electron chi connectivity index (χ3n) is 4.75. The Balaban J connectivity index is 2.87. The highest BCUT2D eigenvalue weighted by Crippen LogP contribution is 2.35. The SMILES string of the molecule is CCCCc1c(C)n(CCO)c2c(C(=O)O)cc(C(C)(C)C)cc12. The van der Waals surface area contributed by atoms with E-state index in [2.05, 4.69) is 33.8 Å². The molecule has 132 valence electrons. The molecule has 1 aromatic heterocycles. The maximum atomic E-state index is 11.9. The predicted octanol–water partition coefficient (Wildman–Crippen LogP) is 4.28. The van der Waals surface area contributed by atoms with Crippen molar-refractivity contribution in [3.8, 4) is 0 Å². The van der Waals surface area contributed by atoms with Gasteiger partial charge < -0.3 is 14.8 Å². The van der Waals surface area contributed by atoms with Crippen molar-refractivity contribution >= 4 is 16.9 Å². The summed E-state index contributed by atoms with van der Waals surface area (Å²) in [6.45, 7) is 10.9. The van der Waals surface area contributed by atoms with Crippen molar-refractivity contribution in [2.24, 2.45) is 0 Å². The van der Waals surface area contributed by atoms with Gasteiger partial charge >= 0.3 is 5.97 Å². The van der Waals surface area contributed by atoms with Gasteiger partial charge in [0.1, 0.15) is 0 Å². The number of benzene rings is 1. The normalized spacial score (nSPS) is 12.1. The molecule has 0 amide bonds. The summed E-state index contributed by atoms with van der Waals surface area (Å²) in [5, 5.41) is 20.2. The number of unbranched alkanes of at least 4 members (excludes halogenated alkanes) is 1. The van der Waals surface area contributed by atoms with Crippen molar-refractivity contribution in [3.63, 3.8) is 0 Å². The number of aromatic nitrogens is 1. The van der Waals surface area contributed by atoms with Crippen molar-refractivity contribution in [2.75, 3.05) is 6.61 Å². The fraction of sp³-hybridized carbons (Fsp3) is 0.550. The zero-order chi connectivity index (χ0) is 18.1. The molecule has 1 aromatic carbocycles. The molecule has 0 atom stereocenters. The average Bonchev–Trinajstić information content (AvgIpc) is 2.76. The van der Waals surface area contributed by atoms with E-state index in [9.17, 15) is 15.0 Å². The van der Waals surface area contributed by atoms with Gasteiger partial charge in [-0.15, -0.1) is 0 Å². The van der Waals surface area contributed by atoms with Crippen molar-refractivity contribution in [1.82, 2.24) is 4.57 Å². The molecule has 0 aliphatic rings. The predicted molar refractivity (Wildman–Crippen MR) is 98.0 cm³/mol. The molecule has 0 spiro atoms. The Kier molecular flexibility index (Phi) is 5.38. The number of fused-ring (bicyclic) bond motifs is 1. The minimum absolute atomic E-state index is 0.00206. The standard InChI is InChI=1S/C20H29NO3/c1-6-7-8-15-13(2)21(9-10-22)18-16(15)11-14(20(3,4)5)12-17(18)19(23)24/h11-12,22H,6-10H2,1-5H3,(H,23,24). The van der Waals surface area contributed by atoms with Gasteiger partial charge in [0, 0.05) is 17.6 Å². The van der Waals surface area contributed by atoms with E-state index >= 15 is 0 Å². The highest BCUT2D eigenvalue weighted by molar-refractivity contribution is 6.04. The summed E-state index contributed by atoms with van der Waals surface area (Å²) in [5.74, 6) is -0.912. The van der Waals surface area contributed by atoms with Crippen molar-refractivity contribution in [2.45, 2.75) is 65.8 Å². The Labute approximate surface area is 144 Å². The number of rotatable bonds is 6. The lowest BCUT2D eigenvalue weighted by Crippen LogP contribution is -2.14. The van der Waals surface area contributed by atoms with Crippen molar-refractivity contribution in [3.05, 3.63) is 34.5 Å². The van der Waals surface area contributed by atoms with Crippen LogP contribution >= 0.6 is 0 Å². The quantitative estimate of drug-likeness (QED) is 0.830. The first-order chi connectivity index (χ1) is 11.2. The summed E-state index contributed by atoms with van der Waals surface area (Å²) >= 11 is 0. The van der Waals surface area contributed by atoms with E-state index in [1.54, 1.807) is 6.07 Å². The number of hydrogen-bond acceptors (Lipinski definition) is 2. The molecule has 0 fully saturated rings. The van der Waals surface area contributed by atoms with Gasteiger partial charge in [-0.3, -0.25) is 0 Å². The molecule has 24 heavy (non-hydrogen) atoms. The van der Waals surface area contributed by atoms with Crippen LogP contribution < -0.4 is 0 Å². The molecular weight excluding hydrogens is 302 g/mol. The second-order valence-corrected chi connectivity index (χ2v) is 7.52. The van der Waals surface area contributed by atoms with Gasteiger partial charge in [-0.05, 0) is 48.4 Å². The molecule has 0 bridgehead atoms. The van der Waals surface area contributed by atoms with Gasteiger partial charge in [0.15, 0.2) is 0 Å². The molecule has 2 N–H and O–H groups in total. The number of carboxylic acids is 1. The van der Waals surface area contributed by atoms with Gasteiger partial charge in [0.05, 0.1) is 17.7 Å². The first-order valence-electron chi connectivity index (χ1n) is 8.72. The third-order valence-corrected chi connectivity index (χ3v) is 4.75. The summed E-state index contributed by atoms with van der Waals surface area (Å²) in [4.78, 5) is 11.9. The van der Waals surface area contributed by atoms with E-state index in [1.165, 1.54) is 5.56 Å². The van der Waals surface area contributed by atoms with E-state index < -0.39 is 5.97 Å². The summed E-state index contributed by atoms with van der Waals surface area (Å²) < 4.78 is 1.97. The Morgan fingerprint density at radius 2 is 1.92 bits per heavy atom. The lowest BCUT2D eigenvalue weighted by atomic mass is 9.84. The molecule has 0 radical (unpaired) electrons. The summed E-state index contributed by atoms with van der Waals surface area (Å²) in [6.07, 6.45) is 3.10. The first-order valence-corrected chi connectivity index (χ1v) is 8.72. The van der Waals surface area contributed by atoms with Crippen LogP contribution in [0.2, 0.25) is 0 Å². The van der Waals surface area contributed by atoms with Gasteiger partial charge in [-0.1, -0.05) is 34.1 Å². The van der Waals surface area contributed by atoms with E-state index in [0.29, 0.717) is 12.1 Å². The Morgan fingerprint density at radius 3 is 2.42 bits per heavy atom. The van der Waals surface area contributed by atoms with Crippen LogP contribution in [0.5, 0.6) is 0 Å². The molecule has 0 saturated heterocycles. The van der Waals surface area contributed by atoms with Crippen molar-refractivity contribution < 1.29 is 15.0 Å². The number of aliphatic hydroxyl groups excluding tert-OH is 1. The maximum absolute atomic E-state index is 11.9. The zero-order valence-electron chi connectivity index (χ0n) is 15.4. The zero-order valence-corrected chi connectivity index (χ0v) is 15.4. The van der Waals surface area contributed by atoms with Crippen LogP contribution in [0.3, 0.4) is 0 Å². The molecular formula is C20H29NO3. The van der Waals surface area contributed by atoms with Crippen LogP contribution in [-0.2, 0) is 18.4 Å². The molecule has 1 heterocycles. The minimum Gasteiger partial charge on any atom is -0.478 e. The molecule has 4 nitrogen and oxygen atoms in total. The van der Waals surface area contributed by atoms with Crippen LogP contribution in [0.4, 0.5) is 0 Å². The second-order valence-electron chi connectivity index (χ2n) is 7.52. The van der Waals surface area contributed by atoms with E-state index in [-0.39, 0.29) is 12.0 Å². The molecule has 2 rings (SSSR count). The lowest BCUT2D eigenvalue weighted by Gasteiger charge is -2.20. The number of nitrogens with zero attached hydrogens (tertiary/aromatic N) is 1.